The molecule has 1 amide bonds. The Bertz CT molecular complexity index is 399. The highest BCUT2D eigenvalue weighted by Gasteiger charge is 2.14. The number of amides is 1. The Labute approximate surface area is 112 Å². The molecule has 0 unspecified atom stereocenters. The van der Waals surface area contributed by atoms with Crippen LogP contribution in [0, 0.1) is 6.92 Å². The number of thiazole rings is 1. The van der Waals surface area contributed by atoms with E-state index in [9.17, 15) is 4.79 Å². The second-order valence-electron chi connectivity index (χ2n) is 4.72. The van der Waals surface area contributed by atoms with Gasteiger partial charge in [-0.2, -0.15) is 0 Å². The van der Waals surface area contributed by atoms with Gasteiger partial charge in [-0.05, 0) is 14.0 Å². The second-order valence-corrected chi connectivity index (χ2v) is 5.95. The molecule has 0 spiro atoms. The first-order chi connectivity index (χ1) is 8.63. The SMILES string of the molecule is Cc1cnc(NC(=O)CCN2CCN(C)CC2)s1. The lowest BCUT2D eigenvalue weighted by molar-refractivity contribution is -0.116. The molecule has 1 saturated heterocycles. The summed E-state index contributed by atoms with van der Waals surface area (Å²) in [5.74, 6) is 0.0586. The lowest BCUT2D eigenvalue weighted by atomic mass is 10.3. The van der Waals surface area contributed by atoms with E-state index in [4.69, 9.17) is 0 Å². The molecule has 1 aromatic rings. The van der Waals surface area contributed by atoms with Gasteiger partial charge in [0.2, 0.25) is 5.91 Å². The Morgan fingerprint density at radius 3 is 2.78 bits per heavy atom. The predicted molar refractivity (Wildman–Crippen MR) is 74.0 cm³/mol. The van der Waals surface area contributed by atoms with Crippen LogP contribution in [0.25, 0.3) is 0 Å². The van der Waals surface area contributed by atoms with Crippen LogP contribution in [-0.2, 0) is 4.79 Å². The molecule has 0 saturated carbocycles. The summed E-state index contributed by atoms with van der Waals surface area (Å²) in [5, 5.41) is 3.55. The molecule has 1 aliphatic rings. The van der Waals surface area contributed by atoms with Gasteiger partial charge in [0.25, 0.3) is 0 Å². The van der Waals surface area contributed by atoms with E-state index in [1.165, 1.54) is 11.3 Å². The third kappa shape index (κ3) is 4.04. The van der Waals surface area contributed by atoms with Crippen LogP contribution in [0.2, 0.25) is 0 Å². The number of nitrogens with one attached hydrogen (secondary N) is 1. The maximum Gasteiger partial charge on any atom is 0.227 e. The number of nitrogens with zero attached hydrogens (tertiary/aromatic N) is 3. The van der Waals surface area contributed by atoms with Crippen molar-refractivity contribution >= 4 is 22.4 Å². The van der Waals surface area contributed by atoms with Crippen LogP contribution in [0.1, 0.15) is 11.3 Å². The fourth-order valence-corrected chi connectivity index (χ4v) is 2.61. The van der Waals surface area contributed by atoms with Gasteiger partial charge >= 0.3 is 0 Å². The minimum Gasteiger partial charge on any atom is -0.304 e. The molecule has 0 aromatic carbocycles. The summed E-state index contributed by atoms with van der Waals surface area (Å²) in [4.78, 5) is 21.6. The number of likely N-dealkylation sites (N-methyl/N-ethyl adjacent to an activating group) is 1. The van der Waals surface area contributed by atoms with Crippen LogP contribution < -0.4 is 5.32 Å². The Kier molecular flexibility index (Phi) is 4.68. The molecule has 0 radical (unpaired) electrons. The molecule has 0 aliphatic carbocycles. The van der Waals surface area contributed by atoms with E-state index < -0.39 is 0 Å². The molecule has 0 bridgehead atoms. The highest BCUT2D eigenvalue weighted by atomic mass is 32.1. The Balaban J connectivity index is 1.68. The van der Waals surface area contributed by atoms with Crippen LogP contribution >= 0.6 is 11.3 Å². The lowest BCUT2D eigenvalue weighted by Gasteiger charge is -2.32. The van der Waals surface area contributed by atoms with Gasteiger partial charge in [0.1, 0.15) is 0 Å². The molecule has 6 heteroatoms. The van der Waals surface area contributed by atoms with Gasteiger partial charge in [-0.3, -0.25) is 4.79 Å². The summed E-state index contributed by atoms with van der Waals surface area (Å²) in [6.07, 6.45) is 2.32. The molecule has 1 aliphatic heterocycles. The molecular weight excluding hydrogens is 248 g/mol. The lowest BCUT2D eigenvalue weighted by Crippen LogP contribution is -2.45. The highest BCUT2D eigenvalue weighted by molar-refractivity contribution is 7.15. The van der Waals surface area contributed by atoms with Crippen molar-refractivity contribution < 1.29 is 4.79 Å². The second kappa shape index (κ2) is 6.26. The van der Waals surface area contributed by atoms with Crippen molar-refractivity contribution in [2.24, 2.45) is 0 Å². The Morgan fingerprint density at radius 2 is 2.17 bits per heavy atom. The summed E-state index contributed by atoms with van der Waals surface area (Å²) >= 11 is 1.51. The normalized spacial score (nSPS) is 17.9. The highest BCUT2D eigenvalue weighted by Crippen LogP contribution is 2.16. The average Bonchev–Trinajstić information content (AvgIpc) is 2.74. The van der Waals surface area contributed by atoms with Gasteiger partial charge < -0.3 is 15.1 Å². The summed E-state index contributed by atoms with van der Waals surface area (Å²) in [6.45, 7) is 7.11. The van der Waals surface area contributed by atoms with E-state index in [2.05, 4.69) is 27.1 Å². The number of piperazine rings is 1. The van der Waals surface area contributed by atoms with E-state index in [1.54, 1.807) is 6.20 Å². The summed E-state index contributed by atoms with van der Waals surface area (Å²) in [5.41, 5.74) is 0. The van der Waals surface area contributed by atoms with Crippen LogP contribution in [-0.4, -0.2) is 60.5 Å². The standard InChI is InChI=1S/C12H20N4OS/c1-10-9-13-12(18-10)14-11(17)3-4-16-7-5-15(2)6-8-16/h9H,3-8H2,1-2H3,(H,13,14,17). The van der Waals surface area contributed by atoms with Crippen LogP contribution in [0.3, 0.4) is 0 Å². The maximum absolute atomic E-state index is 11.7. The van der Waals surface area contributed by atoms with E-state index in [0.717, 1.165) is 37.6 Å². The molecule has 1 aromatic heterocycles. The molecule has 100 valence electrons. The van der Waals surface area contributed by atoms with Gasteiger partial charge in [0, 0.05) is 50.2 Å². The smallest absolute Gasteiger partial charge is 0.227 e. The first-order valence-electron chi connectivity index (χ1n) is 6.26. The van der Waals surface area contributed by atoms with Crippen molar-refractivity contribution in [2.45, 2.75) is 13.3 Å². The maximum atomic E-state index is 11.7. The summed E-state index contributed by atoms with van der Waals surface area (Å²) in [6, 6.07) is 0. The topological polar surface area (TPSA) is 48.5 Å². The van der Waals surface area contributed by atoms with Gasteiger partial charge in [-0.15, -0.1) is 11.3 Å². The number of anilines is 1. The molecule has 2 rings (SSSR count). The molecule has 18 heavy (non-hydrogen) atoms. The predicted octanol–water partition coefficient (Wildman–Crippen LogP) is 1.03. The molecule has 0 atom stereocenters. The first kappa shape index (κ1) is 13.5. The van der Waals surface area contributed by atoms with Gasteiger partial charge in [-0.1, -0.05) is 0 Å². The van der Waals surface area contributed by atoms with Crippen LogP contribution in [0.15, 0.2) is 6.20 Å². The first-order valence-corrected chi connectivity index (χ1v) is 7.08. The van der Waals surface area contributed by atoms with Gasteiger partial charge in [0.15, 0.2) is 5.13 Å². The number of aromatic nitrogens is 1. The average molecular weight is 268 g/mol. The quantitative estimate of drug-likeness (QED) is 0.886. The minimum atomic E-state index is 0.0586. The van der Waals surface area contributed by atoms with E-state index in [1.807, 2.05) is 6.92 Å². The molecular formula is C12H20N4OS. The number of carbonyl (C=O) groups is 1. The Morgan fingerprint density at radius 1 is 1.44 bits per heavy atom. The van der Waals surface area contributed by atoms with E-state index in [0.29, 0.717) is 11.6 Å². The van der Waals surface area contributed by atoms with Crippen LogP contribution in [0.5, 0.6) is 0 Å². The number of carbonyl (C=O) groups excluding carboxylic acids is 1. The largest absolute Gasteiger partial charge is 0.304 e. The van der Waals surface area contributed by atoms with Crippen molar-refractivity contribution in [3.8, 4) is 0 Å². The number of hydrogen-bond donors (Lipinski definition) is 1. The van der Waals surface area contributed by atoms with E-state index >= 15 is 0 Å². The van der Waals surface area contributed by atoms with Crippen molar-refractivity contribution in [1.29, 1.82) is 0 Å². The van der Waals surface area contributed by atoms with E-state index in [-0.39, 0.29) is 5.91 Å². The third-order valence-electron chi connectivity index (χ3n) is 3.12. The molecule has 1 N–H and O–H groups in total. The number of aryl methyl sites for hydroxylation is 1. The van der Waals surface area contributed by atoms with Gasteiger partial charge in [0.05, 0.1) is 0 Å². The molecule has 2 heterocycles. The third-order valence-corrected chi connectivity index (χ3v) is 3.95. The van der Waals surface area contributed by atoms with Crippen molar-refractivity contribution in [1.82, 2.24) is 14.8 Å². The molecule has 5 nitrogen and oxygen atoms in total. The monoisotopic (exact) mass is 268 g/mol. The van der Waals surface area contributed by atoms with Crippen LogP contribution in [0.4, 0.5) is 5.13 Å². The fourth-order valence-electron chi connectivity index (χ4n) is 1.93. The number of hydrogen-bond acceptors (Lipinski definition) is 5. The zero-order valence-electron chi connectivity index (χ0n) is 11.0. The zero-order chi connectivity index (χ0) is 13.0. The Hall–Kier alpha value is -0.980. The molecule has 1 fully saturated rings. The summed E-state index contributed by atoms with van der Waals surface area (Å²) < 4.78 is 0. The van der Waals surface area contributed by atoms with Gasteiger partial charge in [-0.25, -0.2) is 4.98 Å². The fraction of sp³-hybridized carbons (Fsp3) is 0.667. The van der Waals surface area contributed by atoms with Crippen molar-refractivity contribution in [3.63, 3.8) is 0 Å². The van der Waals surface area contributed by atoms with Crippen molar-refractivity contribution in [2.75, 3.05) is 45.1 Å². The number of rotatable bonds is 4. The zero-order valence-corrected chi connectivity index (χ0v) is 11.8. The van der Waals surface area contributed by atoms with Crippen molar-refractivity contribution in [3.05, 3.63) is 11.1 Å². The minimum absolute atomic E-state index is 0.0586. The summed E-state index contributed by atoms with van der Waals surface area (Å²) in [7, 11) is 2.13.